The van der Waals surface area contributed by atoms with Gasteiger partial charge in [0.2, 0.25) is 11.7 Å². The average Bonchev–Trinajstić information content (AvgIpc) is 3.22. The third-order valence-electron chi connectivity index (χ3n) is 5.05. The number of rotatable bonds is 5. The number of aromatic nitrogens is 2. The van der Waals surface area contributed by atoms with Crippen LogP contribution in [0.4, 0.5) is 10.1 Å². The summed E-state index contributed by atoms with van der Waals surface area (Å²) in [4.78, 5) is 20.6. The van der Waals surface area contributed by atoms with Crippen LogP contribution >= 0.6 is 0 Å². The van der Waals surface area contributed by atoms with Gasteiger partial charge in [-0.1, -0.05) is 11.2 Å². The number of piperazine rings is 1. The lowest BCUT2D eigenvalue weighted by Gasteiger charge is -2.36. The van der Waals surface area contributed by atoms with Gasteiger partial charge in [0, 0.05) is 38.7 Å². The summed E-state index contributed by atoms with van der Waals surface area (Å²) in [6.45, 7) is 3.89. The lowest BCUT2D eigenvalue weighted by molar-refractivity contribution is 0.0746. The maximum absolute atomic E-state index is 13.9. The molecule has 1 amide bonds. The Morgan fingerprint density at radius 3 is 2.58 bits per heavy atom. The molecule has 0 atom stereocenters. The SMILES string of the molecule is Cc1nc(COc2ccc(C(=O)N3CCN(c4cccc(F)c4C#N)CC3)cc2)no1. The van der Waals surface area contributed by atoms with Crippen LogP contribution in [0.15, 0.2) is 47.0 Å². The fourth-order valence-corrected chi connectivity index (χ4v) is 3.46. The van der Waals surface area contributed by atoms with E-state index in [0.29, 0.717) is 54.9 Å². The molecular formula is C22H20FN5O3. The summed E-state index contributed by atoms with van der Waals surface area (Å²) >= 11 is 0. The average molecular weight is 421 g/mol. The molecule has 0 N–H and O–H groups in total. The van der Waals surface area contributed by atoms with Gasteiger partial charge in [0.25, 0.3) is 5.91 Å². The summed E-state index contributed by atoms with van der Waals surface area (Å²) in [7, 11) is 0. The second-order valence-corrected chi connectivity index (χ2v) is 7.07. The van der Waals surface area contributed by atoms with E-state index in [1.165, 1.54) is 6.07 Å². The number of carbonyl (C=O) groups excluding carboxylic acids is 1. The van der Waals surface area contributed by atoms with E-state index >= 15 is 0 Å². The number of halogens is 1. The number of ether oxygens (including phenoxy) is 1. The van der Waals surface area contributed by atoms with E-state index in [1.807, 2.05) is 11.0 Å². The van der Waals surface area contributed by atoms with E-state index in [1.54, 1.807) is 48.2 Å². The van der Waals surface area contributed by atoms with Crippen molar-refractivity contribution in [2.24, 2.45) is 0 Å². The summed E-state index contributed by atoms with van der Waals surface area (Å²) in [5, 5.41) is 13.0. The van der Waals surface area contributed by atoms with Gasteiger partial charge in [0.1, 0.15) is 23.2 Å². The van der Waals surface area contributed by atoms with Gasteiger partial charge >= 0.3 is 0 Å². The Labute approximate surface area is 178 Å². The van der Waals surface area contributed by atoms with Crippen molar-refractivity contribution in [3.8, 4) is 11.8 Å². The zero-order chi connectivity index (χ0) is 21.8. The first-order valence-corrected chi connectivity index (χ1v) is 9.80. The molecule has 1 aromatic heterocycles. The molecule has 0 spiro atoms. The highest BCUT2D eigenvalue weighted by Crippen LogP contribution is 2.24. The van der Waals surface area contributed by atoms with Crippen LogP contribution in [0.25, 0.3) is 0 Å². The van der Waals surface area contributed by atoms with Crippen LogP contribution in [0, 0.1) is 24.1 Å². The Morgan fingerprint density at radius 1 is 1.19 bits per heavy atom. The second kappa shape index (κ2) is 8.83. The third kappa shape index (κ3) is 4.48. The van der Waals surface area contributed by atoms with E-state index in [2.05, 4.69) is 10.1 Å². The van der Waals surface area contributed by atoms with Crippen LogP contribution < -0.4 is 9.64 Å². The quantitative estimate of drug-likeness (QED) is 0.625. The molecule has 0 unspecified atom stereocenters. The Kier molecular flexibility index (Phi) is 5.80. The minimum atomic E-state index is -0.532. The van der Waals surface area contributed by atoms with E-state index in [0.717, 1.165) is 0 Å². The van der Waals surface area contributed by atoms with Crippen molar-refractivity contribution in [3.63, 3.8) is 0 Å². The molecule has 0 saturated carbocycles. The number of hydrogen-bond acceptors (Lipinski definition) is 7. The maximum atomic E-state index is 13.9. The van der Waals surface area contributed by atoms with Gasteiger partial charge in [0.15, 0.2) is 6.61 Å². The van der Waals surface area contributed by atoms with Gasteiger partial charge in [-0.05, 0) is 36.4 Å². The molecule has 158 valence electrons. The highest BCUT2D eigenvalue weighted by Gasteiger charge is 2.24. The van der Waals surface area contributed by atoms with Crippen LogP contribution in [-0.2, 0) is 6.61 Å². The lowest BCUT2D eigenvalue weighted by Crippen LogP contribution is -2.49. The number of hydrogen-bond donors (Lipinski definition) is 0. The third-order valence-corrected chi connectivity index (χ3v) is 5.05. The van der Waals surface area contributed by atoms with Crippen LogP contribution in [0.5, 0.6) is 5.75 Å². The second-order valence-electron chi connectivity index (χ2n) is 7.07. The summed E-state index contributed by atoms with van der Waals surface area (Å²) in [6, 6.07) is 13.4. The van der Waals surface area contributed by atoms with Crippen LogP contribution in [0.2, 0.25) is 0 Å². The van der Waals surface area contributed by atoms with Gasteiger partial charge in [-0.15, -0.1) is 0 Å². The van der Waals surface area contributed by atoms with Crippen molar-refractivity contribution in [1.29, 1.82) is 5.26 Å². The molecule has 1 saturated heterocycles. The molecule has 2 heterocycles. The Morgan fingerprint density at radius 2 is 1.94 bits per heavy atom. The Hall–Kier alpha value is -3.93. The minimum Gasteiger partial charge on any atom is -0.485 e. The predicted octanol–water partition coefficient (Wildman–Crippen LogP) is 2.93. The Bertz CT molecular complexity index is 1110. The molecule has 2 aromatic carbocycles. The molecule has 1 aliphatic rings. The number of anilines is 1. The van der Waals surface area contributed by atoms with E-state index in [4.69, 9.17) is 9.26 Å². The summed E-state index contributed by atoms with van der Waals surface area (Å²) in [5.74, 6) is 0.906. The molecule has 0 bridgehead atoms. The van der Waals surface area contributed by atoms with Crippen molar-refractivity contribution in [3.05, 3.63) is 71.1 Å². The molecule has 8 nitrogen and oxygen atoms in total. The zero-order valence-corrected chi connectivity index (χ0v) is 16.9. The van der Waals surface area contributed by atoms with Gasteiger partial charge in [0.05, 0.1) is 5.69 Å². The summed E-state index contributed by atoms with van der Waals surface area (Å²) < 4.78 is 24.4. The molecule has 4 rings (SSSR count). The van der Waals surface area contributed by atoms with E-state index in [-0.39, 0.29) is 18.1 Å². The maximum Gasteiger partial charge on any atom is 0.253 e. The van der Waals surface area contributed by atoms with Crippen molar-refractivity contribution >= 4 is 11.6 Å². The fourth-order valence-electron chi connectivity index (χ4n) is 3.46. The first-order valence-electron chi connectivity index (χ1n) is 9.80. The molecule has 9 heteroatoms. The highest BCUT2D eigenvalue weighted by molar-refractivity contribution is 5.94. The van der Waals surface area contributed by atoms with E-state index in [9.17, 15) is 14.4 Å². The van der Waals surface area contributed by atoms with Gasteiger partial charge in [-0.3, -0.25) is 4.79 Å². The van der Waals surface area contributed by atoms with Crippen LogP contribution in [-0.4, -0.2) is 47.1 Å². The number of nitriles is 1. The normalized spacial score (nSPS) is 13.7. The standard InChI is InChI=1S/C22H20FN5O3/c1-15-25-21(26-31-15)14-30-17-7-5-16(6-8-17)22(29)28-11-9-27(10-12-28)20-4-2-3-19(23)18(20)13-24/h2-8H,9-12,14H2,1H3. The van der Waals surface area contributed by atoms with Crippen LogP contribution in [0.1, 0.15) is 27.6 Å². The number of nitrogens with zero attached hydrogens (tertiary/aromatic N) is 5. The smallest absolute Gasteiger partial charge is 0.253 e. The van der Waals surface area contributed by atoms with Gasteiger partial charge < -0.3 is 19.1 Å². The van der Waals surface area contributed by atoms with E-state index < -0.39 is 5.82 Å². The molecule has 3 aromatic rings. The van der Waals surface area contributed by atoms with Gasteiger partial charge in [-0.25, -0.2) is 4.39 Å². The fraction of sp³-hybridized carbons (Fsp3) is 0.273. The monoisotopic (exact) mass is 421 g/mol. The topological polar surface area (TPSA) is 95.5 Å². The molecular weight excluding hydrogens is 401 g/mol. The lowest BCUT2D eigenvalue weighted by atomic mass is 10.1. The number of aryl methyl sites for hydroxylation is 1. The summed E-state index contributed by atoms with van der Waals surface area (Å²) in [5.41, 5.74) is 1.15. The highest BCUT2D eigenvalue weighted by atomic mass is 19.1. The first-order chi connectivity index (χ1) is 15.0. The molecule has 31 heavy (non-hydrogen) atoms. The van der Waals surface area contributed by atoms with Crippen molar-refractivity contribution in [1.82, 2.24) is 15.0 Å². The molecule has 0 aliphatic carbocycles. The number of carbonyl (C=O) groups is 1. The molecule has 1 fully saturated rings. The first kappa shape index (κ1) is 20.3. The summed E-state index contributed by atoms with van der Waals surface area (Å²) in [6.07, 6.45) is 0. The number of benzene rings is 2. The Balaban J connectivity index is 1.34. The number of amides is 1. The molecule has 1 aliphatic heterocycles. The zero-order valence-electron chi connectivity index (χ0n) is 16.9. The largest absolute Gasteiger partial charge is 0.485 e. The van der Waals surface area contributed by atoms with Gasteiger partial charge in [-0.2, -0.15) is 10.2 Å². The minimum absolute atomic E-state index is 0.0360. The van der Waals surface area contributed by atoms with Crippen LogP contribution in [0.3, 0.4) is 0 Å². The van der Waals surface area contributed by atoms with Crippen molar-refractivity contribution in [2.75, 3.05) is 31.1 Å². The predicted molar refractivity (Wildman–Crippen MR) is 109 cm³/mol. The van der Waals surface area contributed by atoms with Crippen molar-refractivity contribution < 1.29 is 18.4 Å². The molecule has 0 radical (unpaired) electrons. The van der Waals surface area contributed by atoms with Crippen molar-refractivity contribution in [2.45, 2.75) is 13.5 Å².